The Morgan fingerprint density at radius 1 is 1.53 bits per heavy atom. The van der Waals surface area contributed by atoms with E-state index in [2.05, 4.69) is 0 Å². The Kier molecular flexibility index (Phi) is 4.46. The number of benzene rings is 1. The summed E-state index contributed by atoms with van der Waals surface area (Å²) >= 11 is 0. The van der Waals surface area contributed by atoms with Crippen molar-refractivity contribution in [3.05, 3.63) is 29.1 Å². The maximum atomic E-state index is 13.4. The quantitative estimate of drug-likeness (QED) is 0.749. The summed E-state index contributed by atoms with van der Waals surface area (Å²) in [4.78, 5) is 11.4. The molecule has 0 spiro atoms. The molecule has 1 aromatic carbocycles. The third kappa shape index (κ3) is 2.94. The van der Waals surface area contributed by atoms with Gasteiger partial charge in [0.2, 0.25) is 0 Å². The van der Waals surface area contributed by atoms with Gasteiger partial charge in [0.25, 0.3) is 0 Å². The Hall–Kier alpha value is -2.09. The van der Waals surface area contributed by atoms with Gasteiger partial charge in [0, 0.05) is 5.56 Å². The van der Waals surface area contributed by atoms with Gasteiger partial charge in [-0.25, -0.2) is 4.39 Å². The largest absolute Gasteiger partial charge is 0.496 e. The van der Waals surface area contributed by atoms with E-state index in [0.29, 0.717) is 5.75 Å². The van der Waals surface area contributed by atoms with Gasteiger partial charge in [-0.05, 0) is 19.1 Å². The van der Waals surface area contributed by atoms with Gasteiger partial charge in [-0.2, -0.15) is 5.26 Å². The van der Waals surface area contributed by atoms with Gasteiger partial charge >= 0.3 is 5.97 Å². The third-order valence-corrected chi connectivity index (χ3v) is 2.18. The fraction of sp³-hybridized carbons (Fsp3) is 0.333. The van der Waals surface area contributed by atoms with Crippen molar-refractivity contribution < 1.29 is 18.7 Å². The number of ether oxygens (including phenoxy) is 2. The fourth-order valence-corrected chi connectivity index (χ4v) is 1.44. The van der Waals surface area contributed by atoms with E-state index in [1.807, 2.05) is 0 Å². The molecule has 0 atom stereocenters. The number of nitriles is 1. The number of nitrogens with zero attached hydrogens (tertiary/aromatic N) is 1. The van der Waals surface area contributed by atoms with Crippen molar-refractivity contribution in [2.75, 3.05) is 13.7 Å². The minimum absolute atomic E-state index is 0.183. The van der Waals surface area contributed by atoms with Crippen LogP contribution in [0.3, 0.4) is 0 Å². The molecule has 0 saturated heterocycles. The number of esters is 1. The first-order chi connectivity index (χ1) is 8.13. The van der Waals surface area contributed by atoms with E-state index in [-0.39, 0.29) is 24.2 Å². The van der Waals surface area contributed by atoms with Crippen molar-refractivity contribution >= 4 is 5.97 Å². The molecule has 0 saturated carbocycles. The Balaban J connectivity index is 3.15. The van der Waals surface area contributed by atoms with Crippen molar-refractivity contribution in [2.45, 2.75) is 13.3 Å². The highest BCUT2D eigenvalue weighted by atomic mass is 19.1. The van der Waals surface area contributed by atoms with Gasteiger partial charge in [-0.1, -0.05) is 0 Å². The van der Waals surface area contributed by atoms with Crippen molar-refractivity contribution in [2.24, 2.45) is 0 Å². The van der Waals surface area contributed by atoms with Crippen molar-refractivity contribution in [3.8, 4) is 11.8 Å². The Labute approximate surface area is 98.6 Å². The van der Waals surface area contributed by atoms with E-state index in [9.17, 15) is 9.18 Å². The van der Waals surface area contributed by atoms with Crippen LogP contribution in [0.5, 0.6) is 5.75 Å². The summed E-state index contributed by atoms with van der Waals surface area (Å²) < 4.78 is 23.1. The average molecular weight is 237 g/mol. The molecular formula is C12H12FNO3. The lowest BCUT2D eigenvalue weighted by molar-refractivity contribution is -0.142. The van der Waals surface area contributed by atoms with Crippen LogP contribution in [0.2, 0.25) is 0 Å². The molecular weight excluding hydrogens is 225 g/mol. The van der Waals surface area contributed by atoms with Crippen LogP contribution < -0.4 is 4.74 Å². The van der Waals surface area contributed by atoms with Gasteiger partial charge in [0.1, 0.15) is 17.6 Å². The summed E-state index contributed by atoms with van der Waals surface area (Å²) in [6.07, 6.45) is -0.183. The monoisotopic (exact) mass is 237 g/mol. The molecule has 17 heavy (non-hydrogen) atoms. The van der Waals surface area contributed by atoms with E-state index < -0.39 is 11.8 Å². The van der Waals surface area contributed by atoms with Gasteiger partial charge in [-0.15, -0.1) is 0 Å². The fourth-order valence-electron chi connectivity index (χ4n) is 1.44. The summed E-state index contributed by atoms with van der Waals surface area (Å²) in [6.45, 7) is 1.91. The average Bonchev–Trinajstić information content (AvgIpc) is 2.30. The molecule has 5 heteroatoms. The second kappa shape index (κ2) is 5.85. The summed E-state index contributed by atoms with van der Waals surface area (Å²) in [7, 11) is 1.39. The zero-order valence-corrected chi connectivity index (χ0v) is 9.62. The standard InChI is InChI=1S/C12H12FNO3/c1-3-17-12(15)6-8-9(7-14)10(13)4-5-11(8)16-2/h4-5H,3,6H2,1-2H3. The number of hydrogen-bond acceptors (Lipinski definition) is 4. The van der Waals surface area contributed by atoms with Crippen molar-refractivity contribution in [3.63, 3.8) is 0 Å². The van der Waals surface area contributed by atoms with Gasteiger partial charge in [-0.3, -0.25) is 4.79 Å². The maximum Gasteiger partial charge on any atom is 0.310 e. The molecule has 0 aliphatic rings. The smallest absolute Gasteiger partial charge is 0.310 e. The molecule has 0 aromatic heterocycles. The lowest BCUT2D eigenvalue weighted by Gasteiger charge is -2.10. The molecule has 90 valence electrons. The summed E-state index contributed by atoms with van der Waals surface area (Å²) in [5.74, 6) is -0.892. The second-order valence-corrected chi connectivity index (χ2v) is 3.20. The zero-order chi connectivity index (χ0) is 12.8. The molecule has 0 unspecified atom stereocenters. The van der Waals surface area contributed by atoms with Gasteiger partial charge in [0.15, 0.2) is 0 Å². The number of carbonyl (C=O) groups is 1. The maximum absolute atomic E-state index is 13.4. The van der Waals surface area contributed by atoms with E-state index in [1.165, 1.54) is 13.2 Å². The third-order valence-electron chi connectivity index (χ3n) is 2.18. The number of carbonyl (C=O) groups excluding carboxylic acids is 1. The highest BCUT2D eigenvalue weighted by Crippen LogP contribution is 2.25. The van der Waals surface area contributed by atoms with E-state index >= 15 is 0 Å². The number of halogens is 1. The first kappa shape index (κ1) is 13.0. The minimum atomic E-state index is -0.674. The van der Waals surface area contributed by atoms with Gasteiger partial charge < -0.3 is 9.47 Å². The molecule has 0 heterocycles. The van der Waals surface area contributed by atoms with Crippen LogP contribution in [0.1, 0.15) is 18.1 Å². The minimum Gasteiger partial charge on any atom is -0.496 e. The molecule has 0 amide bonds. The molecule has 0 radical (unpaired) electrons. The molecule has 4 nitrogen and oxygen atoms in total. The normalized spacial score (nSPS) is 9.53. The number of hydrogen-bond donors (Lipinski definition) is 0. The molecule has 0 aliphatic heterocycles. The molecule has 0 bridgehead atoms. The van der Waals surface area contributed by atoms with Crippen LogP contribution in [-0.4, -0.2) is 19.7 Å². The topological polar surface area (TPSA) is 59.3 Å². The highest BCUT2D eigenvalue weighted by molar-refractivity contribution is 5.75. The lowest BCUT2D eigenvalue weighted by Crippen LogP contribution is -2.10. The first-order valence-corrected chi connectivity index (χ1v) is 5.05. The molecule has 1 rings (SSSR count). The SMILES string of the molecule is CCOC(=O)Cc1c(OC)ccc(F)c1C#N. The Morgan fingerprint density at radius 3 is 2.76 bits per heavy atom. The zero-order valence-electron chi connectivity index (χ0n) is 9.62. The predicted molar refractivity (Wildman–Crippen MR) is 58.0 cm³/mol. The van der Waals surface area contributed by atoms with Crippen molar-refractivity contribution in [1.82, 2.24) is 0 Å². The van der Waals surface area contributed by atoms with E-state index in [4.69, 9.17) is 14.7 Å². The van der Waals surface area contributed by atoms with E-state index in [1.54, 1.807) is 13.0 Å². The molecule has 0 N–H and O–H groups in total. The summed E-state index contributed by atoms with van der Waals surface area (Å²) in [5, 5.41) is 8.86. The Morgan fingerprint density at radius 2 is 2.24 bits per heavy atom. The van der Waals surface area contributed by atoms with Crippen molar-refractivity contribution in [1.29, 1.82) is 5.26 Å². The lowest BCUT2D eigenvalue weighted by atomic mass is 10.0. The second-order valence-electron chi connectivity index (χ2n) is 3.20. The van der Waals surface area contributed by atoms with Crippen LogP contribution in [0.15, 0.2) is 12.1 Å². The molecule has 0 fully saturated rings. The highest BCUT2D eigenvalue weighted by Gasteiger charge is 2.17. The number of methoxy groups -OCH3 is 1. The predicted octanol–water partition coefficient (Wildman–Crippen LogP) is 1.81. The summed E-state index contributed by atoms with van der Waals surface area (Å²) in [6, 6.07) is 4.23. The molecule has 1 aromatic rings. The van der Waals surface area contributed by atoms with Crippen LogP contribution in [0.25, 0.3) is 0 Å². The van der Waals surface area contributed by atoms with E-state index in [0.717, 1.165) is 6.07 Å². The Bertz CT molecular complexity index is 466. The van der Waals surface area contributed by atoms with Crippen LogP contribution >= 0.6 is 0 Å². The van der Waals surface area contributed by atoms with Crippen LogP contribution in [0.4, 0.5) is 4.39 Å². The van der Waals surface area contributed by atoms with Crippen LogP contribution in [0, 0.1) is 17.1 Å². The van der Waals surface area contributed by atoms with Gasteiger partial charge in [0.05, 0.1) is 25.7 Å². The van der Waals surface area contributed by atoms with Crippen LogP contribution in [-0.2, 0) is 16.0 Å². The number of rotatable bonds is 4. The molecule has 0 aliphatic carbocycles. The summed E-state index contributed by atoms with van der Waals surface area (Å²) in [5.41, 5.74) is 0.0332. The first-order valence-electron chi connectivity index (χ1n) is 5.05.